The monoisotopic (exact) mass is 304 g/mol. The molecule has 21 heavy (non-hydrogen) atoms. The topological polar surface area (TPSA) is 34.1 Å². The Morgan fingerprint density at radius 3 is 2.62 bits per heavy atom. The van der Waals surface area contributed by atoms with E-state index in [0.717, 1.165) is 22.8 Å². The van der Waals surface area contributed by atoms with Gasteiger partial charge in [-0.15, -0.1) is 0 Å². The van der Waals surface area contributed by atoms with E-state index >= 15 is 0 Å². The van der Waals surface area contributed by atoms with Gasteiger partial charge in [-0.3, -0.25) is 4.98 Å². The van der Waals surface area contributed by atoms with Crippen molar-refractivity contribution in [1.82, 2.24) is 10.3 Å². The zero-order chi connectivity index (χ0) is 15.5. The van der Waals surface area contributed by atoms with Gasteiger partial charge in [0, 0.05) is 29.4 Å². The van der Waals surface area contributed by atoms with Crippen molar-refractivity contribution in [2.75, 3.05) is 0 Å². The molecule has 0 aliphatic rings. The zero-order valence-electron chi connectivity index (χ0n) is 12.9. The Balaban J connectivity index is 2.10. The van der Waals surface area contributed by atoms with Gasteiger partial charge in [0.25, 0.3) is 0 Å². The summed E-state index contributed by atoms with van der Waals surface area (Å²) in [6, 6.07) is 9.40. The van der Waals surface area contributed by atoms with Crippen LogP contribution in [0.5, 0.6) is 11.5 Å². The predicted molar refractivity (Wildman–Crippen MR) is 87.1 cm³/mol. The molecule has 2 rings (SSSR count). The average molecular weight is 305 g/mol. The highest BCUT2D eigenvalue weighted by atomic mass is 35.5. The molecule has 0 atom stereocenters. The molecule has 0 saturated heterocycles. The number of benzene rings is 1. The van der Waals surface area contributed by atoms with Gasteiger partial charge in [0.15, 0.2) is 0 Å². The van der Waals surface area contributed by atoms with Crippen LogP contribution in [0.3, 0.4) is 0 Å². The number of ether oxygens (including phenoxy) is 1. The number of aromatic nitrogens is 1. The Hall–Kier alpha value is -1.58. The smallest absolute Gasteiger partial charge is 0.130 e. The van der Waals surface area contributed by atoms with Crippen LogP contribution in [0.25, 0.3) is 0 Å². The second kappa shape index (κ2) is 6.46. The van der Waals surface area contributed by atoms with E-state index in [1.165, 1.54) is 0 Å². The van der Waals surface area contributed by atoms with E-state index in [1.54, 1.807) is 6.20 Å². The summed E-state index contributed by atoms with van der Waals surface area (Å²) >= 11 is 5.96. The number of nitrogens with one attached hydrogen (secondary N) is 1. The molecule has 1 heterocycles. The lowest BCUT2D eigenvalue weighted by molar-refractivity contribution is 0.419. The zero-order valence-corrected chi connectivity index (χ0v) is 13.7. The first-order chi connectivity index (χ1) is 9.83. The molecule has 0 aliphatic heterocycles. The summed E-state index contributed by atoms with van der Waals surface area (Å²) in [5, 5.41) is 4.13. The van der Waals surface area contributed by atoms with Crippen LogP contribution in [0.2, 0.25) is 5.02 Å². The van der Waals surface area contributed by atoms with Gasteiger partial charge in [0.1, 0.15) is 11.5 Å². The van der Waals surface area contributed by atoms with Gasteiger partial charge < -0.3 is 10.1 Å². The minimum absolute atomic E-state index is 0.0608. The maximum atomic E-state index is 5.96. The fourth-order valence-corrected chi connectivity index (χ4v) is 2.05. The normalized spacial score (nSPS) is 11.5. The van der Waals surface area contributed by atoms with E-state index in [2.05, 4.69) is 31.1 Å². The summed E-state index contributed by atoms with van der Waals surface area (Å²) in [7, 11) is 0. The van der Waals surface area contributed by atoms with Crippen LogP contribution < -0.4 is 10.1 Å². The lowest BCUT2D eigenvalue weighted by Crippen LogP contribution is -2.35. The Bertz CT molecular complexity index is 620. The number of pyridine rings is 1. The van der Waals surface area contributed by atoms with E-state index in [4.69, 9.17) is 16.3 Å². The van der Waals surface area contributed by atoms with Gasteiger partial charge in [-0.1, -0.05) is 11.6 Å². The van der Waals surface area contributed by atoms with Gasteiger partial charge in [-0.2, -0.15) is 0 Å². The van der Waals surface area contributed by atoms with Crippen LogP contribution in [0.15, 0.2) is 36.5 Å². The molecule has 0 radical (unpaired) electrons. The number of hydrogen-bond acceptors (Lipinski definition) is 3. The highest BCUT2D eigenvalue weighted by Crippen LogP contribution is 2.27. The molecule has 3 nitrogen and oxygen atoms in total. The molecule has 1 aromatic heterocycles. The fraction of sp³-hybridized carbons (Fsp3) is 0.353. The first-order valence-electron chi connectivity index (χ1n) is 6.97. The number of hydrogen-bond donors (Lipinski definition) is 1. The Labute approximate surface area is 131 Å². The summed E-state index contributed by atoms with van der Waals surface area (Å²) in [5.41, 5.74) is 2.02. The first kappa shape index (κ1) is 15.8. The third-order valence-corrected chi connectivity index (χ3v) is 3.19. The second-order valence-electron chi connectivity index (χ2n) is 6.10. The van der Waals surface area contributed by atoms with Crippen LogP contribution in [-0.4, -0.2) is 10.5 Å². The minimum atomic E-state index is 0.0608. The number of rotatable bonds is 4. The van der Waals surface area contributed by atoms with Crippen LogP contribution in [0.4, 0.5) is 0 Å². The van der Waals surface area contributed by atoms with Gasteiger partial charge in [-0.05, 0) is 57.5 Å². The highest BCUT2D eigenvalue weighted by Gasteiger charge is 2.09. The van der Waals surface area contributed by atoms with Crippen LogP contribution in [0, 0.1) is 6.92 Å². The minimum Gasteiger partial charge on any atom is -0.457 e. The average Bonchev–Trinajstić information content (AvgIpc) is 2.39. The second-order valence-corrected chi connectivity index (χ2v) is 6.53. The highest BCUT2D eigenvalue weighted by molar-refractivity contribution is 6.30. The first-order valence-corrected chi connectivity index (χ1v) is 7.35. The van der Waals surface area contributed by atoms with Crippen molar-refractivity contribution in [3.8, 4) is 11.5 Å². The van der Waals surface area contributed by atoms with Crippen molar-refractivity contribution < 1.29 is 4.74 Å². The molecule has 0 amide bonds. The molecule has 2 aromatic rings. The molecule has 0 fully saturated rings. The summed E-state index contributed by atoms with van der Waals surface area (Å²) < 4.78 is 5.91. The molecule has 0 bridgehead atoms. The van der Waals surface area contributed by atoms with E-state index in [9.17, 15) is 0 Å². The summed E-state index contributed by atoms with van der Waals surface area (Å²) in [4.78, 5) is 4.36. The van der Waals surface area contributed by atoms with E-state index in [0.29, 0.717) is 11.6 Å². The maximum absolute atomic E-state index is 5.96. The van der Waals surface area contributed by atoms with E-state index in [-0.39, 0.29) is 5.54 Å². The van der Waals surface area contributed by atoms with Crippen molar-refractivity contribution in [1.29, 1.82) is 0 Å². The maximum Gasteiger partial charge on any atom is 0.130 e. The fourth-order valence-electron chi connectivity index (χ4n) is 1.83. The molecule has 0 saturated carbocycles. The molecule has 0 aliphatic carbocycles. The molecule has 112 valence electrons. The molecule has 4 heteroatoms. The number of aryl methyl sites for hydroxylation is 1. The standard InChI is InChI=1S/C17H21ClN2O/c1-12-9-13(18)5-6-16(12)21-15-7-8-19-14(10-15)11-20-17(2,3)4/h5-10,20H,11H2,1-4H3. The SMILES string of the molecule is Cc1cc(Cl)ccc1Oc1ccnc(CNC(C)(C)C)c1. The van der Waals surface area contributed by atoms with Crippen molar-refractivity contribution >= 4 is 11.6 Å². The number of halogens is 1. The third kappa shape index (κ3) is 5.03. The summed E-state index contributed by atoms with van der Waals surface area (Å²) in [5.74, 6) is 1.58. The van der Waals surface area contributed by atoms with Crippen molar-refractivity contribution in [3.63, 3.8) is 0 Å². The summed E-state index contributed by atoms with van der Waals surface area (Å²) in [6.45, 7) is 9.07. The van der Waals surface area contributed by atoms with E-state index in [1.807, 2.05) is 37.3 Å². The lowest BCUT2D eigenvalue weighted by Gasteiger charge is -2.20. The van der Waals surface area contributed by atoms with Gasteiger partial charge >= 0.3 is 0 Å². The van der Waals surface area contributed by atoms with Crippen molar-refractivity contribution in [2.45, 2.75) is 39.8 Å². The van der Waals surface area contributed by atoms with E-state index < -0.39 is 0 Å². The quantitative estimate of drug-likeness (QED) is 0.887. The molecular weight excluding hydrogens is 284 g/mol. The van der Waals surface area contributed by atoms with Gasteiger partial charge in [-0.25, -0.2) is 0 Å². The third-order valence-electron chi connectivity index (χ3n) is 2.95. The van der Waals surface area contributed by atoms with Crippen LogP contribution in [-0.2, 0) is 6.54 Å². The van der Waals surface area contributed by atoms with Crippen molar-refractivity contribution in [3.05, 3.63) is 52.8 Å². The van der Waals surface area contributed by atoms with Crippen LogP contribution >= 0.6 is 11.6 Å². The largest absolute Gasteiger partial charge is 0.457 e. The van der Waals surface area contributed by atoms with Gasteiger partial charge in [0.05, 0.1) is 5.69 Å². The molecule has 1 aromatic carbocycles. The Kier molecular flexibility index (Phi) is 4.86. The Morgan fingerprint density at radius 1 is 1.19 bits per heavy atom. The molecule has 1 N–H and O–H groups in total. The van der Waals surface area contributed by atoms with Crippen molar-refractivity contribution in [2.24, 2.45) is 0 Å². The number of nitrogens with zero attached hydrogens (tertiary/aromatic N) is 1. The molecule has 0 unspecified atom stereocenters. The summed E-state index contributed by atoms with van der Waals surface area (Å²) in [6.07, 6.45) is 1.76. The molecule has 0 spiro atoms. The lowest BCUT2D eigenvalue weighted by atomic mass is 10.1. The van der Waals surface area contributed by atoms with Gasteiger partial charge in [0.2, 0.25) is 0 Å². The Morgan fingerprint density at radius 2 is 1.95 bits per heavy atom. The molecular formula is C17H21ClN2O. The predicted octanol–water partition coefficient (Wildman–Crippen LogP) is 4.72. The van der Waals surface area contributed by atoms with Crippen LogP contribution in [0.1, 0.15) is 32.0 Å².